The topological polar surface area (TPSA) is 88.3 Å². The van der Waals surface area contributed by atoms with Gasteiger partial charge in [0.25, 0.3) is 0 Å². The van der Waals surface area contributed by atoms with Crippen LogP contribution >= 0.6 is 15.9 Å². The molecule has 1 aliphatic heterocycles. The third-order valence-corrected chi connectivity index (χ3v) is 5.95. The van der Waals surface area contributed by atoms with Gasteiger partial charge in [-0.2, -0.15) is 4.31 Å². The van der Waals surface area contributed by atoms with Gasteiger partial charge < -0.3 is 5.43 Å². The van der Waals surface area contributed by atoms with Crippen molar-refractivity contribution in [3.63, 3.8) is 0 Å². The first kappa shape index (κ1) is 15.7. The Bertz CT molecular complexity index is 579. The summed E-state index contributed by atoms with van der Waals surface area (Å²) in [5, 5.41) is 0. The number of nitrogens with two attached hydrogens (primary N) is 1. The monoisotopic (exact) mass is 362 g/mol. The molecule has 1 fully saturated rings. The van der Waals surface area contributed by atoms with Crippen LogP contribution in [-0.4, -0.2) is 30.8 Å². The van der Waals surface area contributed by atoms with Gasteiger partial charge in [-0.1, -0.05) is 13.3 Å². The van der Waals surface area contributed by atoms with Crippen LogP contribution in [0.1, 0.15) is 26.2 Å². The van der Waals surface area contributed by atoms with Gasteiger partial charge in [-0.15, -0.1) is 0 Å². The van der Waals surface area contributed by atoms with Crippen molar-refractivity contribution in [3.8, 4) is 0 Å². The molecule has 1 unspecified atom stereocenters. The number of pyridine rings is 1. The number of aromatic nitrogens is 1. The lowest BCUT2D eigenvalue weighted by atomic mass is 9.97. The number of piperidine rings is 1. The third kappa shape index (κ3) is 3.13. The zero-order valence-corrected chi connectivity index (χ0v) is 13.7. The molecule has 3 N–H and O–H groups in total. The standard InChI is InChI=1S/C12H19BrN4O2S/c1-2-9-4-3-5-17(8-9)20(18,19)11-6-10(13)7-15-12(11)16-14/h6-7,9H,2-5,8,14H2,1H3,(H,15,16). The molecule has 20 heavy (non-hydrogen) atoms. The highest BCUT2D eigenvalue weighted by Crippen LogP contribution is 2.29. The molecule has 8 heteroatoms. The van der Waals surface area contributed by atoms with E-state index < -0.39 is 10.0 Å². The summed E-state index contributed by atoms with van der Waals surface area (Å²) in [6.07, 6.45) is 4.48. The van der Waals surface area contributed by atoms with Crippen molar-refractivity contribution in [3.05, 3.63) is 16.7 Å². The fraction of sp³-hybridized carbons (Fsp3) is 0.583. The number of halogens is 1. The number of nitrogens with zero attached hydrogens (tertiary/aromatic N) is 2. The van der Waals surface area contributed by atoms with Gasteiger partial charge in [-0.3, -0.25) is 0 Å². The van der Waals surface area contributed by atoms with E-state index in [9.17, 15) is 8.42 Å². The highest BCUT2D eigenvalue weighted by Gasteiger charge is 2.31. The van der Waals surface area contributed by atoms with Gasteiger partial charge in [0.05, 0.1) is 0 Å². The normalized spacial score (nSPS) is 20.9. The molecule has 0 spiro atoms. The minimum atomic E-state index is -3.57. The first-order valence-corrected chi connectivity index (χ1v) is 8.84. The van der Waals surface area contributed by atoms with Gasteiger partial charge >= 0.3 is 0 Å². The summed E-state index contributed by atoms with van der Waals surface area (Å²) in [7, 11) is -3.57. The fourth-order valence-corrected chi connectivity index (χ4v) is 4.61. The van der Waals surface area contributed by atoms with Crippen LogP contribution in [0.25, 0.3) is 0 Å². The van der Waals surface area contributed by atoms with Crippen LogP contribution < -0.4 is 11.3 Å². The molecule has 0 radical (unpaired) electrons. The van der Waals surface area contributed by atoms with E-state index in [0.717, 1.165) is 19.3 Å². The zero-order valence-electron chi connectivity index (χ0n) is 11.3. The molecular weight excluding hydrogens is 344 g/mol. The molecule has 1 saturated heterocycles. The van der Waals surface area contributed by atoms with E-state index in [-0.39, 0.29) is 10.7 Å². The van der Waals surface area contributed by atoms with E-state index in [1.54, 1.807) is 0 Å². The first-order valence-electron chi connectivity index (χ1n) is 6.61. The van der Waals surface area contributed by atoms with Crippen molar-refractivity contribution >= 4 is 31.8 Å². The van der Waals surface area contributed by atoms with Crippen LogP contribution in [0.2, 0.25) is 0 Å². The maximum Gasteiger partial charge on any atom is 0.246 e. The Kier molecular flexibility index (Phi) is 5.00. The molecule has 1 aromatic rings. The van der Waals surface area contributed by atoms with Crippen LogP contribution in [0.15, 0.2) is 21.6 Å². The summed E-state index contributed by atoms with van der Waals surface area (Å²) in [5.74, 6) is 5.97. The van der Waals surface area contributed by atoms with E-state index in [2.05, 4.69) is 33.3 Å². The molecule has 2 heterocycles. The van der Waals surface area contributed by atoms with E-state index in [0.29, 0.717) is 23.5 Å². The van der Waals surface area contributed by atoms with Crippen molar-refractivity contribution in [2.24, 2.45) is 11.8 Å². The van der Waals surface area contributed by atoms with E-state index in [1.165, 1.54) is 16.6 Å². The molecule has 0 aromatic carbocycles. The summed E-state index contributed by atoms with van der Waals surface area (Å²) in [6, 6.07) is 1.53. The van der Waals surface area contributed by atoms with Crippen LogP contribution in [0, 0.1) is 5.92 Å². The molecule has 0 amide bonds. The summed E-state index contributed by atoms with van der Waals surface area (Å²) in [5.41, 5.74) is 2.36. The SMILES string of the molecule is CCC1CCCN(S(=O)(=O)c2cc(Br)cnc2NN)C1. The maximum atomic E-state index is 12.8. The van der Waals surface area contributed by atoms with Crippen molar-refractivity contribution in [2.45, 2.75) is 31.1 Å². The second-order valence-electron chi connectivity index (χ2n) is 4.92. The largest absolute Gasteiger partial charge is 0.307 e. The summed E-state index contributed by atoms with van der Waals surface area (Å²) in [6.45, 7) is 3.21. The zero-order chi connectivity index (χ0) is 14.8. The van der Waals surface area contributed by atoms with Gasteiger partial charge in [0, 0.05) is 23.8 Å². The Labute approximate surface area is 127 Å². The molecule has 2 rings (SSSR count). The van der Waals surface area contributed by atoms with Crippen LogP contribution in [0.5, 0.6) is 0 Å². The molecule has 1 atom stereocenters. The van der Waals surface area contributed by atoms with Crippen molar-refractivity contribution in [1.82, 2.24) is 9.29 Å². The van der Waals surface area contributed by atoms with E-state index >= 15 is 0 Å². The number of sulfonamides is 1. The average molecular weight is 363 g/mol. The fourth-order valence-electron chi connectivity index (χ4n) is 2.44. The van der Waals surface area contributed by atoms with Crippen molar-refractivity contribution in [1.29, 1.82) is 0 Å². The van der Waals surface area contributed by atoms with Crippen molar-refractivity contribution in [2.75, 3.05) is 18.5 Å². The van der Waals surface area contributed by atoms with Gasteiger partial charge in [-0.25, -0.2) is 19.2 Å². The second kappa shape index (κ2) is 6.38. The molecular formula is C12H19BrN4O2S. The Morgan fingerprint density at radius 3 is 3.00 bits per heavy atom. The number of nitrogens with one attached hydrogen (secondary N) is 1. The van der Waals surface area contributed by atoms with Gasteiger partial charge in [-0.05, 0) is 40.8 Å². The van der Waals surface area contributed by atoms with E-state index in [1.807, 2.05) is 0 Å². The minimum absolute atomic E-state index is 0.117. The Balaban J connectivity index is 2.37. The number of hydrazine groups is 1. The Morgan fingerprint density at radius 1 is 1.60 bits per heavy atom. The van der Waals surface area contributed by atoms with Crippen molar-refractivity contribution < 1.29 is 8.42 Å². The van der Waals surface area contributed by atoms with Crippen LogP contribution in [0.4, 0.5) is 5.82 Å². The van der Waals surface area contributed by atoms with Crippen LogP contribution in [-0.2, 0) is 10.0 Å². The van der Waals surface area contributed by atoms with Crippen LogP contribution in [0.3, 0.4) is 0 Å². The molecule has 1 aromatic heterocycles. The van der Waals surface area contributed by atoms with Gasteiger partial charge in [0.15, 0.2) is 5.82 Å². The molecule has 6 nitrogen and oxygen atoms in total. The predicted octanol–water partition coefficient (Wildman–Crippen LogP) is 1.94. The molecule has 0 saturated carbocycles. The van der Waals surface area contributed by atoms with Gasteiger partial charge in [0.1, 0.15) is 4.90 Å². The quantitative estimate of drug-likeness (QED) is 0.631. The summed E-state index contributed by atoms with van der Waals surface area (Å²) < 4.78 is 27.6. The number of hydrogen-bond acceptors (Lipinski definition) is 5. The predicted molar refractivity (Wildman–Crippen MR) is 81.5 cm³/mol. The maximum absolute atomic E-state index is 12.8. The highest BCUT2D eigenvalue weighted by molar-refractivity contribution is 9.10. The molecule has 0 aliphatic carbocycles. The minimum Gasteiger partial charge on any atom is -0.307 e. The lowest BCUT2D eigenvalue weighted by molar-refractivity contribution is 0.261. The molecule has 1 aliphatic rings. The molecule has 0 bridgehead atoms. The number of nitrogen functional groups attached to an aromatic ring is 1. The Hall–Kier alpha value is -0.700. The number of hydrogen-bond donors (Lipinski definition) is 2. The lowest BCUT2D eigenvalue weighted by Crippen LogP contribution is -2.40. The Morgan fingerprint density at radius 2 is 2.35 bits per heavy atom. The highest BCUT2D eigenvalue weighted by atomic mass is 79.9. The third-order valence-electron chi connectivity index (χ3n) is 3.63. The van der Waals surface area contributed by atoms with Gasteiger partial charge in [0.2, 0.25) is 10.0 Å². The average Bonchev–Trinajstić information content (AvgIpc) is 2.47. The molecule has 112 valence electrons. The second-order valence-corrected chi connectivity index (χ2v) is 7.75. The van der Waals surface area contributed by atoms with E-state index in [4.69, 9.17) is 5.84 Å². The number of rotatable bonds is 4. The summed E-state index contributed by atoms with van der Waals surface area (Å²) >= 11 is 3.25. The summed E-state index contributed by atoms with van der Waals surface area (Å²) in [4.78, 5) is 4.12. The smallest absolute Gasteiger partial charge is 0.246 e. The number of anilines is 1. The first-order chi connectivity index (χ1) is 9.48. The lowest BCUT2D eigenvalue weighted by Gasteiger charge is -2.31.